The molecule has 0 bridgehead atoms. The van der Waals surface area contributed by atoms with Crippen LogP contribution in [0.4, 0.5) is 4.39 Å². The summed E-state index contributed by atoms with van der Waals surface area (Å²) >= 11 is 0. The number of aromatic nitrogens is 2. The van der Waals surface area contributed by atoms with Gasteiger partial charge < -0.3 is 5.73 Å². The molecule has 0 atom stereocenters. The van der Waals surface area contributed by atoms with Gasteiger partial charge in [-0.3, -0.25) is 5.10 Å². The van der Waals surface area contributed by atoms with E-state index in [0.29, 0.717) is 6.54 Å². The number of benzene rings is 1. The van der Waals surface area contributed by atoms with E-state index >= 15 is 0 Å². The van der Waals surface area contributed by atoms with Gasteiger partial charge in [0.25, 0.3) is 0 Å². The van der Waals surface area contributed by atoms with Gasteiger partial charge in [-0.05, 0) is 31.2 Å². The number of halogens is 1. The van der Waals surface area contributed by atoms with Gasteiger partial charge in [-0.2, -0.15) is 5.10 Å². The number of hydrogen-bond acceptors (Lipinski definition) is 2. The third-order valence-electron chi connectivity index (χ3n) is 2.40. The number of aryl methyl sites for hydroxylation is 1. The Labute approximate surface area is 87.1 Å². The first-order valence-electron chi connectivity index (χ1n) is 4.72. The molecule has 78 valence electrons. The lowest BCUT2D eigenvalue weighted by atomic mass is 10.1. The van der Waals surface area contributed by atoms with Crippen LogP contribution in [0.1, 0.15) is 11.3 Å². The van der Waals surface area contributed by atoms with Crippen molar-refractivity contribution < 1.29 is 4.39 Å². The molecular weight excluding hydrogens is 193 g/mol. The topological polar surface area (TPSA) is 54.7 Å². The fourth-order valence-corrected chi connectivity index (χ4v) is 1.55. The lowest BCUT2D eigenvalue weighted by molar-refractivity contribution is 0.628. The van der Waals surface area contributed by atoms with Crippen LogP contribution in [0.3, 0.4) is 0 Å². The Balaban J connectivity index is 2.49. The van der Waals surface area contributed by atoms with Gasteiger partial charge in [0.15, 0.2) is 0 Å². The molecule has 0 radical (unpaired) electrons. The van der Waals surface area contributed by atoms with Gasteiger partial charge >= 0.3 is 0 Å². The van der Waals surface area contributed by atoms with E-state index in [2.05, 4.69) is 10.2 Å². The van der Waals surface area contributed by atoms with Crippen molar-refractivity contribution in [3.8, 4) is 11.3 Å². The molecule has 1 heterocycles. The average Bonchev–Trinajstić information content (AvgIpc) is 2.61. The van der Waals surface area contributed by atoms with Crippen LogP contribution in [0.25, 0.3) is 11.3 Å². The molecule has 3 N–H and O–H groups in total. The van der Waals surface area contributed by atoms with E-state index in [9.17, 15) is 4.39 Å². The minimum atomic E-state index is -0.250. The smallest absolute Gasteiger partial charge is 0.123 e. The molecule has 1 aromatic carbocycles. The first kappa shape index (κ1) is 9.86. The lowest BCUT2D eigenvalue weighted by Crippen LogP contribution is -1.98. The van der Waals surface area contributed by atoms with Crippen LogP contribution in [0.15, 0.2) is 24.3 Å². The highest BCUT2D eigenvalue weighted by molar-refractivity contribution is 5.63. The van der Waals surface area contributed by atoms with Gasteiger partial charge in [-0.1, -0.05) is 0 Å². The van der Waals surface area contributed by atoms with E-state index < -0.39 is 0 Å². The van der Waals surface area contributed by atoms with Gasteiger partial charge in [0.1, 0.15) is 5.82 Å². The fourth-order valence-electron chi connectivity index (χ4n) is 1.55. The molecule has 0 spiro atoms. The Morgan fingerprint density at radius 2 is 2.00 bits per heavy atom. The Morgan fingerprint density at radius 3 is 2.60 bits per heavy atom. The number of H-pyrrole nitrogens is 1. The molecule has 3 nitrogen and oxygen atoms in total. The summed E-state index contributed by atoms with van der Waals surface area (Å²) < 4.78 is 12.7. The van der Waals surface area contributed by atoms with Crippen LogP contribution < -0.4 is 5.73 Å². The van der Waals surface area contributed by atoms with Gasteiger partial charge in [0.05, 0.1) is 5.69 Å². The molecule has 0 aliphatic heterocycles. The van der Waals surface area contributed by atoms with Crippen LogP contribution in [0.5, 0.6) is 0 Å². The van der Waals surface area contributed by atoms with E-state index in [4.69, 9.17) is 5.73 Å². The molecule has 15 heavy (non-hydrogen) atoms. The SMILES string of the molecule is Cc1[nH]nc(-c2ccc(F)cc2)c1CN. The molecule has 0 saturated heterocycles. The van der Waals surface area contributed by atoms with E-state index in [1.807, 2.05) is 6.92 Å². The molecule has 0 fully saturated rings. The van der Waals surface area contributed by atoms with Gasteiger partial charge in [0, 0.05) is 23.4 Å². The van der Waals surface area contributed by atoms with Crippen molar-refractivity contribution in [2.24, 2.45) is 5.73 Å². The third-order valence-corrected chi connectivity index (χ3v) is 2.40. The Kier molecular flexibility index (Phi) is 2.51. The Hall–Kier alpha value is -1.68. The van der Waals surface area contributed by atoms with Crippen molar-refractivity contribution >= 4 is 0 Å². The van der Waals surface area contributed by atoms with Crippen LogP contribution in [0.2, 0.25) is 0 Å². The molecule has 0 saturated carbocycles. The van der Waals surface area contributed by atoms with Crippen molar-refractivity contribution in [1.29, 1.82) is 0 Å². The zero-order chi connectivity index (χ0) is 10.8. The van der Waals surface area contributed by atoms with Crippen molar-refractivity contribution in [1.82, 2.24) is 10.2 Å². The summed E-state index contributed by atoms with van der Waals surface area (Å²) in [7, 11) is 0. The Bertz CT molecular complexity index is 459. The number of hydrogen-bond donors (Lipinski definition) is 2. The fraction of sp³-hybridized carbons (Fsp3) is 0.182. The van der Waals surface area contributed by atoms with Crippen LogP contribution in [0, 0.1) is 12.7 Å². The minimum Gasteiger partial charge on any atom is -0.326 e. The minimum absolute atomic E-state index is 0.250. The summed E-state index contributed by atoms with van der Waals surface area (Å²) in [5.41, 5.74) is 9.24. The molecule has 2 aromatic rings. The second-order valence-corrected chi connectivity index (χ2v) is 3.39. The summed E-state index contributed by atoms with van der Waals surface area (Å²) in [6.07, 6.45) is 0. The van der Waals surface area contributed by atoms with Crippen LogP contribution in [-0.2, 0) is 6.54 Å². The zero-order valence-electron chi connectivity index (χ0n) is 8.42. The van der Waals surface area contributed by atoms with E-state index in [-0.39, 0.29) is 5.82 Å². The molecule has 0 amide bonds. The molecule has 0 aliphatic carbocycles. The maximum Gasteiger partial charge on any atom is 0.123 e. The van der Waals surface area contributed by atoms with Crippen molar-refractivity contribution in [2.75, 3.05) is 0 Å². The number of aromatic amines is 1. The van der Waals surface area contributed by atoms with Crippen LogP contribution in [-0.4, -0.2) is 10.2 Å². The normalized spacial score (nSPS) is 10.6. The summed E-state index contributed by atoms with van der Waals surface area (Å²) in [5.74, 6) is -0.250. The standard InChI is InChI=1S/C11H12FN3/c1-7-10(6-13)11(15-14-7)8-2-4-9(12)5-3-8/h2-5H,6,13H2,1H3,(H,14,15). The monoisotopic (exact) mass is 205 g/mol. The second kappa shape index (κ2) is 3.82. The summed E-state index contributed by atoms with van der Waals surface area (Å²) in [6.45, 7) is 2.34. The maximum atomic E-state index is 12.7. The molecule has 0 aliphatic rings. The van der Waals surface area contributed by atoms with Gasteiger partial charge in [0.2, 0.25) is 0 Å². The predicted molar refractivity (Wildman–Crippen MR) is 56.6 cm³/mol. The van der Waals surface area contributed by atoms with E-state index in [0.717, 1.165) is 22.5 Å². The number of nitrogens with two attached hydrogens (primary N) is 1. The number of nitrogens with zero attached hydrogens (tertiary/aromatic N) is 1. The Morgan fingerprint density at radius 1 is 1.33 bits per heavy atom. The zero-order valence-corrected chi connectivity index (χ0v) is 8.42. The molecular formula is C11H12FN3. The van der Waals surface area contributed by atoms with Crippen molar-refractivity contribution in [2.45, 2.75) is 13.5 Å². The second-order valence-electron chi connectivity index (χ2n) is 3.39. The lowest BCUT2D eigenvalue weighted by Gasteiger charge is -2.00. The summed E-state index contributed by atoms with van der Waals surface area (Å²) in [6, 6.07) is 6.23. The number of rotatable bonds is 2. The first-order valence-corrected chi connectivity index (χ1v) is 4.72. The highest BCUT2D eigenvalue weighted by atomic mass is 19.1. The van der Waals surface area contributed by atoms with Gasteiger partial charge in [-0.25, -0.2) is 4.39 Å². The van der Waals surface area contributed by atoms with Crippen molar-refractivity contribution in [3.05, 3.63) is 41.3 Å². The maximum absolute atomic E-state index is 12.7. The number of nitrogens with one attached hydrogen (secondary N) is 1. The highest BCUT2D eigenvalue weighted by Gasteiger charge is 2.10. The third kappa shape index (κ3) is 1.76. The summed E-state index contributed by atoms with van der Waals surface area (Å²) in [5, 5.41) is 7.04. The summed E-state index contributed by atoms with van der Waals surface area (Å²) in [4.78, 5) is 0. The quantitative estimate of drug-likeness (QED) is 0.787. The highest BCUT2D eigenvalue weighted by Crippen LogP contribution is 2.23. The largest absolute Gasteiger partial charge is 0.326 e. The van der Waals surface area contributed by atoms with Crippen LogP contribution >= 0.6 is 0 Å². The van der Waals surface area contributed by atoms with Gasteiger partial charge in [-0.15, -0.1) is 0 Å². The molecule has 2 rings (SSSR count). The molecule has 0 unspecified atom stereocenters. The van der Waals surface area contributed by atoms with E-state index in [1.54, 1.807) is 12.1 Å². The first-order chi connectivity index (χ1) is 7.22. The predicted octanol–water partition coefficient (Wildman–Crippen LogP) is 1.98. The van der Waals surface area contributed by atoms with E-state index in [1.165, 1.54) is 12.1 Å². The molecule has 1 aromatic heterocycles. The molecule has 4 heteroatoms. The van der Waals surface area contributed by atoms with Crippen molar-refractivity contribution in [3.63, 3.8) is 0 Å². The average molecular weight is 205 g/mol.